The van der Waals surface area contributed by atoms with Crippen molar-refractivity contribution in [3.63, 3.8) is 0 Å². The van der Waals surface area contributed by atoms with Crippen molar-refractivity contribution < 1.29 is 4.79 Å². The van der Waals surface area contributed by atoms with Crippen LogP contribution in [-0.4, -0.2) is 38.9 Å². The lowest BCUT2D eigenvalue weighted by atomic mass is 10.0. The molecule has 0 spiro atoms. The van der Waals surface area contributed by atoms with Gasteiger partial charge in [-0.25, -0.2) is 4.98 Å². The highest BCUT2D eigenvalue weighted by Crippen LogP contribution is 2.31. The molecule has 0 unspecified atom stereocenters. The molecule has 1 N–H and O–H groups in total. The summed E-state index contributed by atoms with van der Waals surface area (Å²) in [6.07, 6.45) is 5.56. The van der Waals surface area contributed by atoms with Gasteiger partial charge in [-0.1, -0.05) is 13.8 Å². The van der Waals surface area contributed by atoms with E-state index in [1.165, 1.54) is 0 Å². The van der Waals surface area contributed by atoms with Gasteiger partial charge in [0.25, 0.3) is 0 Å². The molecule has 0 radical (unpaired) electrons. The average molecular weight is 365 g/mol. The molecular formula is C21H27N5O. The van der Waals surface area contributed by atoms with E-state index in [0.29, 0.717) is 19.0 Å². The number of anilines is 2. The summed E-state index contributed by atoms with van der Waals surface area (Å²) in [6.45, 7) is 9.33. The highest BCUT2D eigenvalue weighted by molar-refractivity contribution is 5.93. The molecular weight excluding hydrogens is 338 g/mol. The van der Waals surface area contributed by atoms with Gasteiger partial charge in [0.2, 0.25) is 5.91 Å². The van der Waals surface area contributed by atoms with E-state index < -0.39 is 0 Å². The minimum Gasteiger partial charge on any atom is -0.344 e. The van der Waals surface area contributed by atoms with Gasteiger partial charge in [-0.2, -0.15) is 0 Å². The van der Waals surface area contributed by atoms with E-state index in [1.54, 1.807) is 11.1 Å². The molecule has 3 aromatic heterocycles. The summed E-state index contributed by atoms with van der Waals surface area (Å²) in [5, 5.41) is 4.47. The molecule has 0 bridgehead atoms. The number of pyridine rings is 2. The van der Waals surface area contributed by atoms with Gasteiger partial charge in [0.15, 0.2) is 0 Å². The van der Waals surface area contributed by atoms with E-state index in [1.807, 2.05) is 49.1 Å². The number of carbonyl (C=O) groups excluding carboxylic acids is 1. The maximum absolute atomic E-state index is 12.3. The fourth-order valence-electron chi connectivity index (χ4n) is 3.10. The van der Waals surface area contributed by atoms with E-state index in [0.717, 1.165) is 33.7 Å². The Morgan fingerprint density at radius 3 is 2.67 bits per heavy atom. The molecule has 27 heavy (non-hydrogen) atoms. The van der Waals surface area contributed by atoms with Gasteiger partial charge >= 0.3 is 0 Å². The summed E-state index contributed by atoms with van der Waals surface area (Å²) in [4.78, 5) is 23.1. The fraction of sp³-hybridized carbons (Fsp3) is 0.381. The van der Waals surface area contributed by atoms with Gasteiger partial charge in [0.1, 0.15) is 12.4 Å². The van der Waals surface area contributed by atoms with E-state index >= 15 is 0 Å². The monoisotopic (exact) mass is 365 g/mol. The number of likely N-dealkylation sites (N-methyl/N-ethyl adjacent to an activating group) is 1. The Bertz CT molecular complexity index is 960. The van der Waals surface area contributed by atoms with Crippen LogP contribution in [0.3, 0.4) is 0 Å². The third-order valence-corrected chi connectivity index (χ3v) is 4.88. The standard InChI is InChI=1S/C21H27N5O/c1-6-25(5)18(27)13-26-12-9-16-17(26)8-11-23-21(16)24-20-15(4)7-10-22-19(20)14(2)3/h7-12,14H,6,13H2,1-5H3,(H,23,24). The molecule has 0 aliphatic heterocycles. The van der Waals surface area contributed by atoms with Gasteiger partial charge in [0.05, 0.1) is 16.9 Å². The quantitative estimate of drug-likeness (QED) is 0.715. The molecule has 1 amide bonds. The molecule has 0 fully saturated rings. The second kappa shape index (κ2) is 7.78. The average Bonchev–Trinajstić information content (AvgIpc) is 3.06. The minimum atomic E-state index is 0.0894. The summed E-state index contributed by atoms with van der Waals surface area (Å²) >= 11 is 0. The lowest BCUT2D eigenvalue weighted by Gasteiger charge is -2.17. The van der Waals surface area contributed by atoms with Crippen molar-refractivity contribution in [1.82, 2.24) is 19.4 Å². The molecule has 0 saturated heterocycles. The predicted octanol–water partition coefficient (Wildman–Crippen LogP) is 4.09. The van der Waals surface area contributed by atoms with Crippen LogP contribution in [0, 0.1) is 6.92 Å². The van der Waals surface area contributed by atoms with Crippen LogP contribution >= 0.6 is 0 Å². The molecule has 142 valence electrons. The molecule has 0 aromatic carbocycles. The fourth-order valence-corrected chi connectivity index (χ4v) is 3.10. The Balaban J connectivity index is 1.97. The zero-order valence-corrected chi connectivity index (χ0v) is 16.7. The van der Waals surface area contributed by atoms with Crippen LogP contribution in [0.2, 0.25) is 0 Å². The largest absolute Gasteiger partial charge is 0.344 e. The summed E-state index contributed by atoms with van der Waals surface area (Å²) in [5.74, 6) is 1.17. The molecule has 6 nitrogen and oxygen atoms in total. The van der Waals surface area contributed by atoms with Crippen LogP contribution in [0.5, 0.6) is 0 Å². The third-order valence-electron chi connectivity index (χ3n) is 4.88. The zero-order chi connectivity index (χ0) is 19.6. The Kier molecular flexibility index (Phi) is 5.44. The summed E-state index contributed by atoms with van der Waals surface area (Å²) in [7, 11) is 1.82. The molecule has 0 atom stereocenters. The Labute approximate surface area is 160 Å². The first-order chi connectivity index (χ1) is 12.9. The number of fused-ring (bicyclic) bond motifs is 1. The smallest absolute Gasteiger partial charge is 0.242 e. The van der Waals surface area contributed by atoms with Crippen molar-refractivity contribution in [2.75, 3.05) is 18.9 Å². The van der Waals surface area contributed by atoms with Crippen molar-refractivity contribution in [2.45, 2.75) is 40.2 Å². The molecule has 3 heterocycles. The van der Waals surface area contributed by atoms with Gasteiger partial charge < -0.3 is 14.8 Å². The number of nitrogens with zero attached hydrogens (tertiary/aromatic N) is 4. The molecule has 3 rings (SSSR count). The predicted molar refractivity (Wildman–Crippen MR) is 109 cm³/mol. The van der Waals surface area contributed by atoms with Gasteiger partial charge in [-0.15, -0.1) is 0 Å². The van der Waals surface area contributed by atoms with Crippen molar-refractivity contribution in [2.24, 2.45) is 0 Å². The number of amides is 1. The second-order valence-corrected chi connectivity index (χ2v) is 7.11. The number of aryl methyl sites for hydroxylation is 1. The molecule has 6 heteroatoms. The Morgan fingerprint density at radius 1 is 1.22 bits per heavy atom. The van der Waals surface area contributed by atoms with Crippen LogP contribution in [0.1, 0.15) is 37.9 Å². The maximum atomic E-state index is 12.3. The number of hydrogen-bond acceptors (Lipinski definition) is 4. The highest BCUT2D eigenvalue weighted by atomic mass is 16.2. The van der Waals surface area contributed by atoms with Crippen molar-refractivity contribution in [1.29, 1.82) is 0 Å². The lowest BCUT2D eigenvalue weighted by molar-refractivity contribution is -0.130. The first kappa shape index (κ1) is 18.9. The van der Waals surface area contributed by atoms with Crippen molar-refractivity contribution in [3.05, 3.63) is 48.0 Å². The first-order valence-corrected chi connectivity index (χ1v) is 9.32. The van der Waals surface area contributed by atoms with Crippen molar-refractivity contribution in [3.8, 4) is 0 Å². The number of aromatic nitrogens is 3. The van der Waals surface area contributed by atoms with Gasteiger partial charge in [0, 0.05) is 37.6 Å². The SMILES string of the molecule is CCN(C)C(=O)Cn1ccc2c(Nc3c(C)ccnc3C(C)C)nccc21. The van der Waals surface area contributed by atoms with E-state index in [2.05, 4.69) is 36.1 Å². The van der Waals surface area contributed by atoms with E-state index in [-0.39, 0.29) is 5.91 Å². The first-order valence-electron chi connectivity index (χ1n) is 9.32. The topological polar surface area (TPSA) is 63.1 Å². The van der Waals surface area contributed by atoms with Crippen LogP contribution < -0.4 is 5.32 Å². The highest BCUT2D eigenvalue weighted by Gasteiger charge is 2.15. The van der Waals surface area contributed by atoms with E-state index in [4.69, 9.17) is 0 Å². The number of hydrogen-bond donors (Lipinski definition) is 1. The maximum Gasteiger partial charge on any atom is 0.242 e. The van der Waals surface area contributed by atoms with Gasteiger partial charge in [-0.3, -0.25) is 9.78 Å². The second-order valence-electron chi connectivity index (χ2n) is 7.11. The molecule has 0 aliphatic carbocycles. The summed E-state index contributed by atoms with van der Waals surface area (Å²) < 4.78 is 1.97. The third kappa shape index (κ3) is 3.79. The summed E-state index contributed by atoms with van der Waals surface area (Å²) in [5.41, 5.74) is 4.14. The minimum absolute atomic E-state index is 0.0894. The number of rotatable bonds is 6. The molecule has 3 aromatic rings. The lowest BCUT2D eigenvalue weighted by Crippen LogP contribution is -2.29. The number of carbonyl (C=O) groups is 1. The Morgan fingerprint density at radius 2 is 1.96 bits per heavy atom. The molecule has 0 aliphatic rings. The Hall–Kier alpha value is -2.89. The molecule has 0 saturated carbocycles. The zero-order valence-electron chi connectivity index (χ0n) is 16.7. The normalized spacial score (nSPS) is 11.2. The van der Waals surface area contributed by atoms with Crippen LogP contribution in [0.25, 0.3) is 10.9 Å². The van der Waals surface area contributed by atoms with Crippen LogP contribution in [-0.2, 0) is 11.3 Å². The summed E-state index contributed by atoms with van der Waals surface area (Å²) in [6, 6.07) is 5.95. The van der Waals surface area contributed by atoms with Crippen molar-refractivity contribution >= 4 is 28.3 Å². The van der Waals surface area contributed by atoms with Crippen LogP contribution in [0.15, 0.2) is 36.8 Å². The van der Waals surface area contributed by atoms with Gasteiger partial charge in [-0.05, 0) is 43.5 Å². The van der Waals surface area contributed by atoms with E-state index in [9.17, 15) is 4.79 Å². The van der Waals surface area contributed by atoms with Crippen LogP contribution in [0.4, 0.5) is 11.5 Å². The number of nitrogens with one attached hydrogen (secondary N) is 1.